The van der Waals surface area contributed by atoms with Crippen molar-refractivity contribution in [3.05, 3.63) is 29.8 Å². The van der Waals surface area contributed by atoms with Crippen LogP contribution in [0.5, 0.6) is 0 Å². The third-order valence-corrected chi connectivity index (χ3v) is 2.13. The molecule has 0 heterocycles. The molecule has 0 fully saturated rings. The minimum Gasteiger partial charge on any atom is -0.445 e. The van der Waals surface area contributed by atoms with E-state index < -0.39 is 12.4 Å². The molecule has 0 atom stereocenters. The van der Waals surface area contributed by atoms with Gasteiger partial charge >= 0.3 is 58.4 Å². The van der Waals surface area contributed by atoms with Crippen molar-refractivity contribution in [1.82, 2.24) is 0 Å². The van der Waals surface area contributed by atoms with E-state index in [0.29, 0.717) is 5.56 Å². The zero-order valence-electron chi connectivity index (χ0n) is 9.52. The van der Waals surface area contributed by atoms with Gasteiger partial charge in [0.25, 0.3) is 0 Å². The van der Waals surface area contributed by atoms with Crippen molar-refractivity contribution in [2.24, 2.45) is 0 Å². The first-order valence-corrected chi connectivity index (χ1v) is 4.51. The molecule has 0 bridgehead atoms. The van der Waals surface area contributed by atoms with E-state index >= 15 is 0 Å². The first kappa shape index (κ1) is 15.7. The Morgan fingerprint density at radius 3 is 2.00 bits per heavy atom. The minimum atomic E-state index is -4.88. The van der Waals surface area contributed by atoms with Gasteiger partial charge < -0.3 is 12.9 Å². The zero-order chi connectivity index (χ0) is 11.0. The van der Waals surface area contributed by atoms with Crippen LogP contribution in [0, 0.1) is 0 Å². The summed E-state index contributed by atoms with van der Waals surface area (Å²) in [6.07, 6.45) is 0. The molecule has 1 aromatic rings. The monoisotopic (exact) mass is 240 g/mol. The fourth-order valence-corrected chi connectivity index (χ4v) is 1.21. The van der Waals surface area contributed by atoms with E-state index in [4.69, 9.17) is 0 Å². The van der Waals surface area contributed by atoms with E-state index in [9.17, 15) is 12.9 Å². The van der Waals surface area contributed by atoms with Gasteiger partial charge in [0.2, 0.25) is 0 Å². The second-order valence-corrected chi connectivity index (χ2v) is 4.45. The number of benzene rings is 1. The largest absolute Gasteiger partial charge is 1.00 e. The van der Waals surface area contributed by atoms with Crippen molar-refractivity contribution in [2.45, 2.75) is 26.2 Å². The Labute approximate surface area is 131 Å². The molecule has 0 radical (unpaired) electrons. The average Bonchev–Trinajstić information content (AvgIpc) is 2.01. The molecule has 5 heteroatoms. The van der Waals surface area contributed by atoms with Crippen molar-refractivity contribution in [2.75, 3.05) is 0 Å². The molecule has 0 aromatic heterocycles. The molecule has 1 aromatic carbocycles. The molecule has 0 amide bonds. The van der Waals surface area contributed by atoms with Crippen LogP contribution in [0.15, 0.2) is 24.3 Å². The Morgan fingerprint density at radius 1 is 1.07 bits per heavy atom. The predicted molar refractivity (Wildman–Crippen MR) is 53.9 cm³/mol. The molecule has 0 saturated carbocycles. The molecule has 15 heavy (non-hydrogen) atoms. The Bertz CT molecular complexity index is 299. The van der Waals surface area contributed by atoms with Crippen LogP contribution >= 0.6 is 0 Å². The predicted octanol–water partition coefficient (Wildman–Crippen LogP) is 0.0425. The Hall–Kier alpha value is 0.711. The molecule has 0 spiro atoms. The van der Waals surface area contributed by atoms with Crippen molar-refractivity contribution >= 4 is 12.4 Å². The third kappa shape index (κ3) is 4.61. The number of hydrogen-bond donors (Lipinski definition) is 0. The van der Waals surface area contributed by atoms with E-state index in [1.807, 2.05) is 20.8 Å². The van der Waals surface area contributed by atoms with E-state index in [1.165, 1.54) is 12.1 Å². The third-order valence-electron chi connectivity index (χ3n) is 2.13. The molecule has 0 aliphatic rings. The standard InChI is InChI=1S/C10H13BF3.K/c1-10(2,3)8-5-4-6-9(7-8)11(12,13)14;/h4-7H,1-3H3;/q-1;+1. The summed E-state index contributed by atoms with van der Waals surface area (Å²) in [6.45, 7) is 0.819. The van der Waals surface area contributed by atoms with Crippen LogP contribution < -0.4 is 56.8 Å². The summed E-state index contributed by atoms with van der Waals surface area (Å²) >= 11 is 0. The molecule has 78 valence electrons. The summed E-state index contributed by atoms with van der Waals surface area (Å²) in [6, 6.07) is 5.55. The SMILES string of the molecule is CC(C)(C)c1cccc([B-](F)(F)F)c1.[K+]. The van der Waals surface area contributed by atoms with E-state index in [0.717, 1.165) is 6.07 Å². The van der Waals surface area contributed by atoms with E-state index in [1.54, 1.807) is 6.07 Å². The van der Waals surface area contributed by atoms with Gasteiger partial charge in [-0.05, 0) is 11.0 Å². The van der Waals surface area contributed by atoms with Crippen LogP contribution in [0.1, 0.15) is 26.3 Å². The summed E-state index contributed by atoms with van der Waals surface area (Å²) in [5, 5.41) is 0. The van der Waals surface area contributed by atoms with E-state index in [-0.39, 0.29) is 56.8 Å². The van der Waals surface area contributed by atoms with Crippen LogP contribution in [0.2, 0.25) is 0 Å². The van der Waals surface area contributed by atoms with Crippen molar-refractivity contribution < 1.29 is 64.3 Å². The van der Waals surface area contributed by atoms with Crippen LogP contribution in [0.25, 0.3) is 0 Å². The van der Waals surface area contributed by atoms with Crippen molar-refractivity contribution in [1.29, 1.82) is 0 Å². The van der Waals surface area contributed by atoms with Crippen molar-refractivity contribution in [3.63, 3.8) is 0 Å². The average molecular weight is 240 g/mol. The van der Waals surface area contributed by atoms with Gasteiger partial charge in [0.1, 0.15) is 0 Å². The molecule has 0 N–H and O–H groups in total. The van der Waals surface area contributed by atoms with E-state index in [2.05, 4.69) is 0 Å². The first-order chi connectivity index (χ1) is 6.21. The molecule has 0 unspecified atom stereocenters. The van der Waals surface area contributed by atoms with Gasteiger partial charge in [-0.2, -0.15) is 0 Å². The molecule has 0 saturated heterocycles. The minimum absolute atomic E-state index is 0. The van der Waals surface area contributed by atoms with Gasteiger partial charge in [-0.25, -0.2) is 0 Å². The van der Waals surface area contributed by atoms with Crippen LogP contribution in [-0.4, -0.2) is 6.98 Å². The number of hydrogen-bond acceptors (Lipinski definition) is 0. The Kier molecular flexibility index (Phi) is 5.62. The fourth-order valence-electron chi connectivity index (χ4n) is 1.21. The van der Waals surface area contributed by atoms with Gasteiger partial charge in [-0.3, -0.25) is 0 Å². The second kappa shape index (κ2) is 5.36. The summed E-state index contributed by atoms with van der Waals surface area (Å²) in [5.41, 5.74) is -0.0382. The molecule has 0 aliphatic heterocycles. The van der Waals surface area contributed by atoms with Crippen LogP contribution in [0.3, 0.4) is 0 Å². The maximum atomic E-state index is 12.4. The van der Waals surface area contributed by atoms with Gasteiger partial charge in [0, 0.05) is 0 Å². The van der Waals surface area contributed by atoms with Gasteiger partial charge in [-0.15, -0.1) is 5.46 Å². The van der Waals surface area contributed by atoms with Crippen LogP contribution in [0.4, 0.5) is 12.9 Å². The molecular weight excluding hydrogens is 227 g/mol. The molecular formula is C10H13BF3K. The maximum absolute atomic E-state index is 12.4. The number of rotatable bonds is 1. The summed E-state index contributed by atoms with van der Waals surface area (Å²) in [5.74, 6) is 0. The molecule has 0 aliphatic carbocycles. The zero-order valence-corrected chi connectivity index (χ0v) is 12.6. The summed E-state index contributed by atoms with van der Waals surface area (Å²) in [4.78, 5) is 0. The van der Waals surface area contributed by atoms with Gasteiger partial charge in [0.05, 0.1) is 0 Å². The Morgan fingerprint density at radius 2 is 1.60 bits per heavy atom. The number of halogens is 3. The maximum Gasteiger partial charge on any atom is 1.00 e. The topological polar surface area (TPSA) is 0 Å². The molecule has 0 nitrogen and oxygen atoms in total. The summed E-state index contributed by atoms with van der Waals surface area (Å²) in [7, 11) is 0. The quantitative estimate of drug-likeness (QED) is 0.608. The second-order valence-electron chi connectivity index (χ2n) is 4.45. The van der Waals surface area contributed by atoms with Gasteiger partial charge in [0.15, 0.2) is 0 Å². The smallest absolute Gasteiger partial charge is 0.445 e. The van der Waals surface area contributed by atoms with Crippen molar-refractivity contribution in [3.8, 4) is 0 Å². The van der Waals surface area contributed by atoms with Gasteiger partial charge in [-0.1, -0.05) is 45.0 Å². The molecule has 1 rings (SSSR count). The normalized spacial score (nSPS) is 12.1. The van der Waals surface area contributed by atoms with Crippen LogP contribution in [-0.2, 0) is 5.41 Å². The first-order valence-electron chi connectivity index (χ1n) is 4.51. The Balaban J connectivity index is 0.00000196. The fraction of sp³-hybridized carbons (Fsp3) is 0.400. The summed E-state index contributed by atoms with van der Waals surface area (Å²) < 4.78 is 37.3.